The molecule has 108 valence electrons. The van der Waals surface area contributed by atoms with Crippen LogP contribution in [-0.4, -0.2) is 40.1 Å². The van der Waals surface area contributed by atoms with Crippen molar-refractivity contribution in [1.82, 2.24) is 0 Å². The molecule has 2 rings (SSSR count). The summed E-state index contributed by atoms with van der Waals surface area (Å²) >= 11 is 0. The molecule has 2 fully saturated rings. The summed E-state index contributed by atoms with van der Waals surface area (Å²) in [7, 11) is -1.37. The molecule has 0 bridgehead atoms. The maximum atomic E-state index is 5.74. The molecular formula is C12H24B2O5. The van der Waals surface area contributed by atoms with Gasteiger partial charge < -0.3 is 23.2 Å². The van der Waals surface area contributed by atoms with Crippen molar-refractivity contribution in [3.63, 3.8) is 0 Å². The predicted molar refractivity (Wildman–Crippen MR) is 73.2 cm³/mol. The Morgan fingerprint density at radius 1 is 0.842 bits per heavy atom. The summed E-state index contributed by atoms with van der Waals surface area (Å²) in [6.07, 6.45) is 2.14. The average molecular weight is 270 g/mol. The molecule has 0 N–H and O–H groups in total. The van der Waals surface area contributed by atoms with E-state index in [9.17, 15) is 0 Å². The predicted octanol–water partition coefficient (Wildman–Crippen LogP) is 1.90. The van der Waals surface area contributed by atoms with Gasteiger partial charge in [-0.2, -0.15) is 0 Å². The van der Waals surface area contributed by atoms with Crippen LogP contribution in [0.5, 0.6) is 0 Å². The van der Waals surface area contributed by atoms with Gasteiger partial charge in [0.05, 0.1) is 0 Å². The molecule has 2 saturated heterocycles. The van der Waals surface area contributed by atoms with Crippen molar-refractivity contribution in [2.75, 3.05) is 13.2 Å². The molecule has 7 heteroatoms. The monoisotopic (exact) mass is 270 g/mol. The summed E-state index contributed by atoms with van der Waals surface area (Å²) in [6.45, 7) is 9.83. The van der Waals surface area contributed by atoms with Crippen LogP contribution in [0.25, 0.3) is 0 Å². The van der Waals surface area contributed by atoms with Crippen LogP contribution >= 0.6 is 0 Å². The van der Waals surface area contributed by atoms with E-state index in [-0.39, 0.29) is 12.2 Å². The van der Waals surface area contributed by atoms with Crippen molar-refractivity contribution in [2.24, 2.45) is 11.8 Å². The maximum Gasteiger partial charge on any atom is 0.627 e. The van der Waals surface area contributed by atoms with Crippen LogP contribution in [0.3, 0.4) is 0 Å². The second-order valence-corrected chi connectivity index (χ2v) is 5.87. The van der Waals surface area contributed by atoms with Crippen molar-refractivity contribution in [2.45, 2.75) is 52.7 Å². The van der Waals surface area contributed by atoms with E-state index in [1.807, 2.05) is 0 Å². The Morgan fingerprint density at radius 2 is 1.26 bits per heavy atom. The molecule has 2 atom stereocenters. The minimum absolute atomic E-state index is 0.170. The van der Waals surface area contributed by atoms with Crippen molar-refractivity contribution < 1.29 is 23.2 Å². The fourth-order valence-corrected chi connectivity index (χ4v) is 2.28. The largest absolute Gasteiger partial charge is 0.627 e. The molecule has 2 heterocycles. The van der Waals surface area contributed by atoms with Gasteiger partial charge in [-0.15, -0.1) is 0 Å². The molecule has 2 unspecified atom stereocenters. The fraction of sp³-hybridized carbons (Fsp3) is 1.00. The van der Waals surface area contributed by atoms with Crippen LogP contribution in [0, 0.1) is 11.8 Å². The number of hydrogen-bond donors (Lipinski definition) is 0. The Balaban J connectivity index is 1.80. The van der Waals surface area contributed by atoms with Gasteiger partial charge in [0.15, 0.2) is 0 Å². The van der Waals surface area contributed by atoms with Crippen LogP contribution in [-0.2, 0) is 23.2 Å². The highest BCUT2D eigenvalue weighted by atomic mass is 16.8. The van der Waals surface area contributed by atoms with E-state index in [0.29, 0.717) is 25.0 Å². The maximum absolute atomic E-state index is 5.74. The summed E-state index contributed by atoms with van der Waals surface area (Å²) in [5.41, 5.74) is 0. The van der Waals surface area contributed by atoms with Gasteiger partial charge in [0.25, 0.3) is 0 Å². The molecule has 0 spiro atoms. The molecular weight excluding hydrogens is 246 g/mol. The molecule has 5 nitrogen and oxygen atoms in total. The van der Waals surface area contributed by atoms with Gasteiger partial charge in [0, 0.05) is 25.4 Å². The van der Waals surface area contributed by atoms with Crippen LogP contribution in [0.15, 0.2) is 0 Å². The van der Waals surface area contributed by atoms with E-state index in [1.54, 1.807) is 0 Å². The summed E-state index contributed by atoms with van der Waals surface area (Å²) < 4.78 is 28.0. The lowest BCUT2D eigenvalue weighted by Gasteiger charge is -2.33. The lowest BCUT2D eigenvalue weighted by Crippen LogP contribution is -2.48. The number of rotatable bonds is 4. The van der Waals surface area contributed by atoms with E-state index in [1.165, 1.54) is 0 Å². The van der Waals surface area contributed by atoms with Gasteiger partial charge in [0.2, 0.25) is 0 Å². The second-order valence-electron chi connectivity index (χ2n) is 5.87. The Bertz CT molecular complexity index is 251. The lowest BCUT2D eigenvalue weighted by atomic mass is 9.96. The van der Waals surface area contributed by atoms with Gasteiger partial charge in [-0.05, 0) is 24.7 Å². The first-order chi connectivity index (χ1) is 9.06. The van der Waals surface area contributed by atoms with Crippen molar-refractivity contribution in [3.8, 4) is 0 Å². The first-order valence-electron chi connectivity index (χ1n) is 7.26. The van der Waals surface area contributed by atoms with Crippen LogP contribution in [0.4, 0.5) is 0 Å². The van der Waals surface area contributed by atoms with Gasteiger partial charge in [-0.1, -0.05) is 27.7 Å². The zero-order valence-corrected chi connectivity index (χ0v) is 12.3. The van der Waals surface area contributed by atoms with E-state index in [2.05, 4.69) is 27.7 Å². The topological polar surface area (TPSA) is 46.2 Å². The highest BCUT2D eigenvalue weighted by Gasteiger charge is 2.41. The van der Waals surface area contributed by atoms with Gasteiger partial charge in [0.1, 0.15) is 0 Å². The molecule has 0 saturated carbocycles. The molecule has 0 amide bonds. The van der Waals surface area contributed by atoms with Crippen molar-refractivity contribution in [3.05, 3.63) is 0 Å². The highest BCUT2D eigenvalue weighted by molar-refractivity contribution is 6.52. The zero-order chi connectivity index (χ0) is 13.8. The van der Waals surface area contributed by atoms with Crippen LogP contribution in [0.1, 0.15) is 40.5 Å². The molecule has 0 aromatic rings. The lowest BCUT2D eigenvalue weighted by molar-refractivity contribution is -0.0295. The Kier molecular flexibility index (Phi) is 5.71. The zero-order valence-electron chi connectivity index (χ0n) is 12.3. The van der Waals surface area contributed by atoms with E-state index >= 15 is 0 Å². The Labute approximate surface area is 116 Å². The minimum Gasteiger partial charge on any atom is -0.399 e. The minimum atomic E-state index is -0.683. The molecule has 0 aromatic carbocycles. The summed E-state index contributed by atoms with van der Waals surface area (Å²) in [5.74, 6) is 0.901. The van der Waals surface area contributed by atoms with Crippen LogP contribution in [0.2, 0.25) is 0 Å². The third kappa shape index (κ3) is 4.46. The molecule has 2 aliphatic rings. The third-order valence-electron chi connectivity index (χ3n) is 3.59. The van der Waals surface area contributed by atoms with E-state index in [0.717, 1.165) is 12.8 Å². The first kappa shape index (κ1) is 15.3. The van der Waals surface area contributed by atoms with Crippen LogP contribution < -0.4 is 0 Å². The quantitative estimate of drug-likeness (QED) is 0.730. The van der Waals surface area contributed by atoms with Gasteiger partial charge in [-0.3, -0.25) is 0 Å². The Hall–Kier alpha value is -0.0701. The van der Waals surface area contributed by atoms with Crippen molar-refractivity contribution >= 4 is 14.6 Å². The molecule has 19 heavy (non-hydrogen) atoms. The summed E-state index contributed by atoms with van der Waals surface area (Å²) in [6, 6.07) is 0. The Morgan fingerprint density at radius 3 is 1.63 bits per heavy atom. The first-order valence-corrected chi connectivity index (χ1v) is 7.26. The van der Waals surface area contributed by atoms with Gasteiger partial charge >= 0.3 is 14.6 Å². The average Bonchev–Trinajstić information content (AvgIpc) is 2.39. The summed E-state index contributed by atoms with van der Waals surface area (Å²) in [4.78, 5) is 0. The fourth-order valence-electron chi connectivity index (χ4n) is 2.28. The van der Waals surface area contributed by atoms with Gasteiger partial charge in [-0.25, -0.2) is 0 Å². The van der Waals surface area contributed by atoms with Crippen molar-refractivity contribution in [1.29, 1.82) is 0 Å². The number of hydrogen-bond acceptors (Lipinski definition) is 5. The SMILES string of the molecule is CC(C)C1CCOB(OB2OCCC(C(C)C)O2)O1. The van der Waals surface area contributed by atoms with E-state index in [4.69, 9.17) is 23.2 Å². The molecule has 0 radical (unpaired) electrons. The van der Waals surface area contributed by atoms with E-state index < -0.39 is 14.6 Å². The highest BCUT2D eigenvalue weighted by Crippen LogP contribution is 2.21. The second kappa shape index (κ2) is 7.09. The standard InChI is InChI=1S/C12H24B2O5/c1-9(2)11-5-7-15-13(17-11)19-14-16-8-6-12(18-14)10(3)4/h9-12H,5-8H2,1-4H3. The molecule has 0 aromatic heterocycles. The summed E-state index contributed by atoms with van der Waals surface area (Å²) in [5, 5.41) is 0. The third-order valence-corrected chi connectivity index (χ3v) is 3.59. The molecule has 2 aliphatic heterocycles. The normalized spacial score (nSPS) is 29.4. The molecule has 0 aliphatic carbocycles. The smallest absolute Gasteiger partial charge is 0.399 e.